The van der Waals surface area contributed by atoms with Gasteiger partial charge in [-0.15, -0.1) is 0 Å². The minimum Gasteiger partial charge on any atom is -0.289 e. The van der Waals surface area contributed by atoms with Gasteiger partial charge in [0.25, 0.3) is 0 Å². The van der Waals surface area contributed by atoms with Crippen LogP contribution in [-0.4, -0.2) is 20.9 Å². The van der Waals surface area contributed by atoms with Gasteiger partial charge in [-0.2, -0.15) is 0 Å². The van der Waals surface area contributed by atoms with Crippen molar-refractivity contribution in [1.29, 1.82) is 0 Å². The summed E-state index contributed by atoms with van der Waals surface area (Å²) in [6.45, 7) is 2.75. The number of aromatic nitrogens is 2. The fraction of sp³-hybridized carbons (Fsp3) is 0.412. The van der Waals surface area contributed by atoms with E-state index in [9.17, 15) is 4.39 Å². The van der Waals surface area contributed by atoms with E-state index in [1.54, 1.807) is 12.1 Å². The third kappa shape index (κ3) is 2.23. The minimum atomic E-state index is -0.156. The lowest BCUT2D eigenvalue weighted by Crippen LogP contribution is -2.37. The molecule has 0 spiro atoms. The molecule has 4 heteroatoms. The van der Waals surface area contributed by atoms with Crippen molar-refractivity contribution in [2.24, 2.45) is 0 Å². The molecule has 0 amide bonds. The van der Waals surface area contributed by atoms with Gasteiger partial charge in [0.2, 0.25) is 0 Å². The summed E-state index contributed by atoms with van der Waals surface area (Å²) in [7, 11) is 0. The van der Waals surface area contributed by atoms with Crippen LogP contribution in [0.25, 0.3) is 0 Å². The van der Waals surface area contributed by atoms with Gasteiger partial charge in [0.15, 0.2) is 0 Å². The molecule has 3 heterocycles. The van der Waals surface area contributed by atoms with E-state index in [1.165, 1.54) is 23.7 Å². The van der Waals surface area contributed by atoms with Crippen molar-refractivity contribution in [3.63, 3.8) is 0 Å². The summed E-state index contributed by atoms with van der Waals surface area (Å²) in [4.78, 5) is 11.5. The van der Waals surface area contributed by atoms with Gasteiger partial charge in [0.1, 0.15) is 11.6 Å². The average Bonchev–Trinajstić information content (AvgIpc) is 2.73. The summed E-state index contributed by atoms with van der Waals surface area (Å²) in [5, 5.41) is 0. The first kappa shape index (κ1) is 12.9. The standard InChI is InChI=1S/C17H18FN3/c1-11-19-9-15-16(20-11)8-14-5-6-17(15)21(14)10-12-3-2-4-13(18)7-12/h2-4,7,9,14,17H,5-6,8,10H2,1H3/t14-,17+/m0/s1. The van der Waals surface area contributed by atoms with E-state index in [-0.39, 0.29) is 5.82 Å². The lowest BCUT2D eigenvalue weighted by molar-refractivity contribution is 0.166. The lowest BCUT2D eigenvalue weighted by atomic mass is 9.98. The summed E-state index contributed by atoms with van der Waals surface area (Å²) < 4.78 is 13.4. The zero-order valence-electron chi connectivity index (χ0n) is 12.1. The van der Waals surface area contributed by atoms with Gasteiger partial charge < -0.3 is 0 Å². The summed E-state index contributed by atoms with van der Waals surface area (Å²) in [5.41, 5.74) is 3.53. The molecule has 108 valence electrons. The predicted molar refractivity (Wildman–Crippen MR) is 78.2 cm³/mol. The molecular formula is C17H18FN3. The zero-order valence-corrected chi connectivity index (χ0v) is 12.1. The smallest absolute Gasteiger partial charge is 0.125 e. The van der Waals surface area contributed by atoms with Crippen molar-refractivity contribution >= 4 is 0 Å². The molecule has 4 rings (SSSR count). The van der Waals surface area contributed by atoms with E-state index in [0.717, 1.165) is 30.8 Å². The SMILES string of the molecule is Cc1ncc2c(n1)C[C@@H]1CC[C@H]2N1Cc1cccc(F)c1. The van der Waals surface area contributed by atoms with Crippen molar-refractivity contribution in [3.05, 3.63) is 58.9 Å². The highest BCUT2D eigenvalue weighted by atomic mass is 19.1. The minimum absolute atomic E-state index is 0.156. The maximum absolute atomic E-state index is 13.4. The Bertz CT molecular complexity index is 685. The molecule has 1 aromatic heterocycles. The highest BCUT2D eigenvalue weighted by Crippen LogP contribution is 2.43. The van der Waals surface area contributed by atoms with Crippen molar-refractivity contribution in [3.8, 4) is 0 Å². The zero-order chi connectivity index (χ0) is 14.4. The number of aryl methyl sites for hydroxylation is 1. The Balaban J connectivity index is 1.65. The molecule has 2 atom stereocenters. The van der Waals surface area contributed by atoms with Crippen molar-refractivity contribution in [1.82, 2.24) is 14.9 Å². The Kier molecular flexibility index (Phi) is 3.00. The number of nitrogens with zero attached hydrogens (tertiary/aromatic N) is 3. The average molecular weight is 283 g/mol. The molecule has 0 radical (unpaired) electrons. The molecular weight excluding hydrogens is 265 g/mol. The van der Waals surface area contributed by atoms with Crippen molar-refractivity contribution in [2.45, 2.75) is 44.8 Å². The molecule has 1 aromatic carbocycles. The normalized spacial score (nSPS) is 24.1. The summed E-state index contributed by atoms with van der Waals surface area (Å²) in [5.74, 6) is 0.697. The Labute approximate surface area is 123 Å². The van der Waals surface area contributed by atoms with Crippen LogP contribution in [0.15, 0.2) is 30.5 Å². The molecule has 2 aromatic rings. The van der Waals surface area contributed by atoms with E-state index in [0.29, 0.717) is 12.1 Å². The highest BCUT2D eigenvalue weighted by molar-refractivity contribution is 5.29. The Morgan fingerprint density at radius 3 is 3.10 bits per heavy atom. The van der Waals surface area contributed by atoms with Crippen molar-refractivity contribution in [2.75, 3.05) is 0 Å². The predicted octanol–water partition coefficient (Wildman–Crippen LogP) is 3.19. The molecule has 0 unspecified atom stereocenters. The molecule has 2 aliphatic heterocycles. The first-order chi connectivity index (χ1) is 10.2. The van der Waals surface area contributed by atoms with Crippen molar-refractivity contribution < 1.29 is 4.39 Å². The van der Waals surface area contributed by atoms with Gasteiger partial charge in [-0.25, -0.2) is 14.4 Å². The van der Waals surface area contributed by atoms with Crippen LogP contribution in [0.3, 0.4) is 0 Å². The quantitative estimate of drug-likeness (QED) is 0.847. The molecule has 0 saturated carbocycles. The topological polar surface area (TPSA) is 29.0 Å². The fourth-order valence-electron chi connectivity index (χ4n) is 3.77. The number of benzene rings is 1. The van der Waals surface area contributed by atoms with E-state index >= 15 is 0 Å². The van der Waals surface area contributed by atoms with Crippen LogP contribution in [0.5, 0.6) is 0 Å². The maximum atomic E-state index is 13.4. The van der Waals surface area contributed by atoms with Crippen LogP contribution < -0.4 is 0 Å². The molecule has 1 saturated heterocycles. The van der Waals surface area contributed by atoms with E-state index in [2.05, 4.69) is 14.9 Å². The summed E-state index contributed by atoms with van der Waals surface area (Å²) >= 11 is 0. The molecule has 0 N–H and O–H groups in total. The Morgan fingerprint density at radius 2 is 2.24 bits per heavy atom. The molecule has 2 aliphatic rings. The van der Waals surface area contributed by atoms with E-state index in [1.807, 2.05) is 19.2 Å². The third-order valence-corrected chi connectivity index (χ3v) is 4.71. The second-order valence-corrected chi connectivity index (χ2v) is 6.07. The Hall–Kier alpha value is -1.81. The van der Waals surface area contributed by atoms with Gasteiger partial charge in [-0.1, -0.05) is 12.1 Å². The van der Waals surface area contributed by atoms with Gasteiger partial charge in [-0.3, -0.25) is 4.90 Å². The van der Waals surface area contributed by atoms with Crippen LogP contribution >= 0.6 is 0 Å². The molecule has 1 fully saturated rings. The van der Waals surface area contributed by atoms with Crippen LogP contribution in [-0.2, 0) is 13.0 Å². The summed E-state index contributed by atoms with van der Waals surface area (Å²) in [6, 6.07) is 7.85. The second kappa shape index (κ2) is 4.88. The number of halogens is 1. The largest absolute Gasteiger partial charge is 0.289 e. The van der Waals surface area contributed by atoms with Crippen LogP contribution in [0.2, 0.25) is 0 Å². The van der Waals surface area contributed by atoms with Gasteiger partial charge in [0, 0.05) is 36.8 Å². The number of hydrogen-bond donors (Lipinski definition) is 0. The monoisotopic (exact) mass is 283 g/mol. The first-order valence-electron chi connectivity index (χ1n) is 7.53. The first-order valence-corrected chi connectivity index (χ1v) is 7.53. The second-order valence-electron chi connectivity index (χ2n) is 6.07. The van der Waals surface area contributed by atoms with Gasteiger partial charge in [0.05, 0.1) is 5.69 Å². The van der Waals surface area contributed by atoms with Gasteiger partial charge >= 0.3 is 0 Å². The summed E-state index contributed by atoms with van der Waals surface area (Å²) in [6.07, 6.45) is 5.32. The van der Waals surface area contributed by atoms with Crippen LogP contribution in [0.4, 0.5) is 4.39 Å². The van der Waals surface area contributed by atoms with Crippen LogP contribution in [0, 0.1) is 12.7 Å². The van der Waals surface area contributed by atoms with E-state index in [4.69, 9.17) is 0 Å². The number of rotatable bonds is 2. The highest BCUT2D eigenvalue weighted by Gasteiger charge is 2.40. The third-order valence-electron chi connectivity index (χ3n) is 4.71. The Morgan fingerprint density at radius 1 is 1.33 bits per heavy atom. The molecule has 0 aliphatic carbocycles. The molecule has 21 heavy (non-hydrogen) atoms. The molecule has 3 nitrogen and oxygen atoms in total. The van der Waals surface area contributed by atoms with Gasteiger partial charge in [-0.05, 0) is 37.5 Å². The lowest BCUT2D eigenvalue weighted by Gasteiger charge is -2.35. The number of fused-ring (bicyclic) bond motifs is 4. The van der Waals surface area contributed by atoms with Crippen LogP contribution in [0.1, 0.15) is 41.5 Å². The van der Waals surface area contributed by atoms with E-state index < -0.39 is 0 Å². The maximum Gasteiger partial charge on any atom is 0.125 e. The fourth-order valence-corrected chi connectivity index (χ4v) is 3.77. The molecule has 2 bridgehead atoms. The number of hydrogen-bond acceptors (Lipinski definition) is 3.